The van der Waals surface area contributed by atoms with Gasteiger partial charge < -0.3 is 10.9 Å². The Bertz CT molecular complexity index is 386. The normalized spacial score (nSPS) is 11.6. The second-order valence-corrected chi connectivity index (χ2v) is 6.54. The lowest BCUT2D eigenvalue weighted by Gasteiger charge is -2.23. The average molecular weight is 281 g/mol. The van der Waals surface area contributed by atoms with Crippen molar-refractivity contribution in [2.75, 3.05) is 13.2 Å². The molecule has 0 aliphatic heterocycles. The topological polar surface area (TPSA) is 105 Å². The Hall–Kier alpha value is -0.920. The molecule has 7 heteroatoms. The minimum atomic E-state index is -3.64. The SMILES string of the molecule is C=C(C)C(=O)OCCC(C)(C)S(=O)(=O)OCC.N. The number of carbonyl (C=O) groups is 1. The van der Waals surface area contributed by atoms with Crippen molar-refractivity contribution in [3.05, 3.63) is 12.2 Å². The molecule has 3 N–H and O–H groups in total. The maximum Gasteiger partial charge on any atom is 0.333 e. The second kappa shape index (κ2) is 7.50. The van der Waals surface area contributed by atoms with Crippen LogP contribution in [-0.4, -0.2) is 32.3 Å². The van der Waals surface area contributed by atoms with E-state index in [2.05, 4.69) is 6.58 Å². The van der Waals surface area contributed by atoms with Crippen LogP contribution in [0.15, 0.2) is 12.2 Å². The van der Waals surface area contributed by atoms with Crippen LogP contribution >= 0.6 is 0 Å². The molecule has 0 amide bonds. The number of hydrogen-bond acceptors (Lipinski definition) is 6. The maximum atomic E-state index is 11.7. The molecule has 18 heavy (non-hydrogen) atoms. The van der Waals surface area contributed by atoms with Crippen LogP contribution < -0.4 is 6.15 Å². The first kappa shape index (κ1) is 19.4. The lowest BCUT2D eigenvalue weighted by Crippen LogP contribution is -2.35. The van der Waals surface area contributed by atoms with Crippen molar-refractivity contribution in [3.8, 4) is 0 Å². The van der Waals surface area contributed by atoms with Crippen LogP contribution in [0.2, 0.25) is 0 Å². The van der Waals surface area contributed by atoms with Crippen LogP contribution in [0.5, 0.6) is 0 Å². The molecule has 0 aliphatic rings. The van der Waals surface area contributed by atoms with Gasteiger partial charge in [-0.1, -0.05) is 6.58 Å². The van der Waals surface area contributed by atoms with E-state index in [0.29, 0.717) is 0 Å². The maximum absolute atomic E-state index is 11.7. The Morgan fingerprint density at radius 2 is 1.83 bits per heavy atom. The molecular formula is C11H23NO5S. The van der Waals surface area contributed by atoms with E-state index in [1.54, 1.807) is 6.92 Å². The molecule has 0 fully saturated rings. The first-order valence-corrected chi connectivity index (χ1v) is 6.76. The molecule has 108 valence electrons. The van der Waals surface area contributed by atoms with Crippen LogP contribution in [0.3, 0.4) is 0 Å². The van der Waals surface area contributed by atoms with Gasteiger partial charge in [0.15, 0.2) is 0 Å². The molecule has 0 aromatic carbocycles. The third-order valence-electron chi connectivity index (χ3n) is 2.24. The molecule has 0 aromatic heterocycles. The number of esters is 1. The average Bonchev–Trinajstić information content (AvgIpc) is 2.16. The molecule has 0 rings (SSSR count). The first-order chi connectivity index (χ1) is 7.64. The smallest absolute Gasteiger partial charge is 0.333 e. The van der Waals surface area contributed by atoms with Gasteiger partial charge in [0.1, 0.15) is 0 Å². The Balaban J connectivity index is 0. The van der Waals surface area contributed by atoms with Gasteiger partial charge in [0.2, 0.25) is 0 Å². The monoisotopic (exact) mass is 281 g/mol. The molecule has 0 bridgehead atoms. The summed E-state index contributed by atoms with van der Waals surface area (Å²) in [5.41, 5.74) is 0.287. The Kier molecular flexibility index (Phi) is 8.09. The van der Waals surface area contributed by atoms with Gasteiger partial charge in [-0.05, 0) is 27.7 Å². The van der Waals surface area contributed by atoms with Crippen molar-refractivity contribution in [3.63, 3.8) is 0 Å². The largest absolute Gasteiger partial charge is 0.462 e. The fourth-order valence-corrected chi connectivity index (χ4v) is 1.92. The first-order valence-electron chi connectivity index (χ1n) is 5.35. The summed E-state index contributed by atoms with van der Waals surface area (Å²) in [5.74, 6) is -0.519. The summed E-state index contributed by atoms with van der Waals surface area (Å²) >= 11 is 0. The van der Waals surface area contributed by atoms with Crippen molar-refractivity contribution in [2.24, 2.45) is 0 Å². The third kappa shape index (κ3) is 5.61. The molecule has 0 radical (unpaired) electrons. The molecule has 0 heterocycles. The van der Waals surface area contributed by atoms with Gasteiger partial charge in [0.05, 0.1) is 18.0 Å². The lowest BCUT2D eigenvalue weighted by molar-refractivity contribution is -0.139. The second-order valence-electron chi connectivity index (χ2n) is 4.29. The predicted molar refractivity (Wildman–Crippen MR) is 70.0 cm³/mol. The van der Waals surface area contributed by atoms with E-state index >= 15 is 0 Å². The summed E-state index contributed by atoms with van der Waals surface area (Å²) in [7, 11) is -3.64. The third-order valence-corrected chi connectivity index (χ3v) is 4.34. The zero-order valence-electron chi connectivity index (χ0n) is 11.5. The van der Waals surface area contributed by atoms with Gasteiger partial charge in [-0.2, -0.15) is 8.42 Å². The summed E-state index contributed by atoms with van der Waals surface area (Å²) in [6.07, 6.45) is 0.175. The van der Waals surface area contributed by atoms with E-state index in [9.17, 15) is 13.2 Å². The Labute approximate surface area is 109 Å². The van der Waals surface area contributed by atoms with Gasteiger partial charge in [0, 0.05) is 12.0 Å². The highest BCUT2D eigenvalue weighted by atomic mass is 32.2. The lowest BCUT2D eigenvalue weighted by atomic mass is 10.1. The van der Waals surface area contributed by atoms with Gasteiger partial charge in [-0.25, -0.2) is 4.79 Å². The van der Waals surface area contributed by atoms with E-state index < -0.39 is 20.8 Å². The van der Waals surface area contributed by atoms with E-state index in [0.717, 1.165) is 0 Å². The summed E-state index contributed by atoms with van der Waals surface area (Å²) in [6, 6.07) is 0. The van der Waals surface area contributed by atoms with E-state index in [-0.39, 0.29) is 31.4 Å². The molecule has 0 saturated carbocycles. The zero-order valence-corrected chi connectivity index (χ0v) is 12.3. The minimum Gasteiger partial charge on any atom is -0.462 e. The van der Waals surface area contributed by atoms with Crippen LogP contribution in [0.25, 0.3) is 0 Å². The van der Waals surface area contributed by atoms with Gasteiger partial charge >= 0.3 is 5.97 Å². The highest BCUT2D eigenvalue weighted by molar-refractivity contribution is 7.88. The summed E-state index contributed by atoms with van der Waals surface area (Å²) in [6.45, 7) is 9.75. The predicted octanol–water partition coefficient (Wildman–Crippen LogP) is 1.80. The molecule has 6 nitrogen and oxygen atoms in total. The van der Waals surface area contributed by atoms with Crippen LogP contribution in [-0.2, 0) is 23.8 Å². The van der Waals surface area contributed by atoms with E-state index in [4.69, 9.17) is 8.92 Å². The van der Waals surface area contributed by atoms with Crippen molar-refractivity contribution >= 4 is 16.1 Å². The molecule has 0 saturated heterocycles. The van der Waals surface area contributed by atoms with Gasteiger partial charge in [-0.15, -0.1) is 0 Å². The van der Waals surface area contributed by atoms with Crippen molar-refractivity contribution in [1.82, 2.24) is 6.15 Å². The summed E-state index contributed by atoms with van der Waals surface area (Å²) in [5, 5.41) is 0. The van der Waals surface area contributed by atoms with Crippen LogP contribution in [0, 0.1) is 0 Å². The number of carbonyl (C=O) groups excluding carboxylic acids is 1. The van der Waals surface area contributed by atoms with Gasteiger partial charge in [0.25, 0.3) is 10.1 Å². The number of ether oxygens (including phenoxy) is 1. The van der Waals surface area contributed by atoms with Crippen molar-refractivity contribution in [2.45, 2.75) is 38.9 Å². The Morgan fingerprint density at radius 3 is 2.22 bits per heavy atom. The molecule has 0 aromatic rings. The quantitative estimate of drug-likeness (QED) is 0.433. The number of rotatable bonds is 7. The molecule has 0 aliphatic carbocycles. The van der Waals surface area contributed by atoms with Crippen LogP contribution in [0.1, 0.15) is 34.1 Å². The highest BCUT2D eigenvalue weighted by Gasteiger charge is 2.35. The summed E-state index contributed by atoms with van der Waals surface area (Å²) in [4.78, 5) is 11.1. The zero-order chi connectivity index (χ0) is 13.7. The fraction of sp³-hybridized carbons (Fsp3) is 0.727. The molecule has 0 spiro atoms. The van der Waals surface area contributed by atoms with Crippen molar-refractivity contribution in [1.29, 1.82) is 0 Å². The minimum absolute atomic E-state index is 0. The van der Waals surface area contributed by atoms with E-state index in [1.165, 1.54) is 20.8 Å². The highest BCUT2D eigenvalue weighted by Crippen LogP contribution is 2.22. The Morgan fingerprint density at radius 1 is 1.33 bits per heavy atom. The molecular weight excluding hydrogens is 258 g/mol. The summed E-state index contributed by atoms with van der Waals surface area (Å²) < 4.78 is 31.8. The standard InChI is InChI=1S/C11H20O5S.H3N/c1-6-16-17(13,14)11(4,5)7-8-15-10(12)9(2)3;/h2,6-8H2,1,3-5H3;1H3. The van der Waals surface area contributed by atoms with Crippen molar-refractivity contribution < 1.29 is 22.1 Å². The van der Waals surface area contributed by atoms with Gasteiger partial charge in [-0.3, -0.25) is 4.18 Å². The van der Waals surface area contributed by atoms with E-state index in [1.807, 2.05) is 0 Å². The molecule has 0 atom stereocenters. The molecule has 0 unspecified atom stereocenters. The fourth-order valence-electron chi connectivity index (χ4n) is 0.952. The number of hydrogen-bond donors (Lipinski definition) is 1. The van der Waals surface area contributed by atoms with Crippen LogP contribution in [0.4, 0.5) is 0 Å².